The summed E-state index contributed by atoms with van der Waals surface area (Å²) >= 11 is 6.07. The van der Waals surface area contributed by atoms with Gasteiger partial charge in [-0.05, 0) is 49.2 Å². The van der Waals surface area contributed by atoms with E-state index < -0.39 is 10.0 Å². The summed E-state index contributed by atoms with van der Waals surface area (Å²) in [6, 6.07) is 10.4. The Kier molecular flexibility index (Phi) is 7.63. The van der Waals surface area contributed by atoms with E-state index in [1.165, 1.54) is 12.1 Å². The van der Waals surface area contributed by atoms with Crippen LogP contribution in [-0.2, 0) is 21.2 Å². The highest BCUT2D eigenvalue weighted by molar-refractivity contribution is 7.92. The maximum absolute atomic E-state index is 12.7. The number of carbonyl (C=O) groups is 1. The topological polar surface area (TPSA) is 116 Å². The normalized spacial score (nSPS) is 14.7. The van der Waals surface area contributed by atoms with Crippen molar-refractivity contribution >= 4 is 44.6 Å². The van der Waals surface area contributed by atoms with Gasteiger partial charge >= 0.3 is 0 Å². The summed E-state index contributed by atoms with van der Waals surface area (Å²) in [4.78, 5) is 22.7. The summed E-state index contributed by atoms with van der Waals surface area (Å²) in [5.41, 5.74) is 3.92. The third-order valence-electron chi connectivity index (χ3n) is 5.79. The first kappa shape index (κ1) is 25.0. The van der Waals surface area contributed by atoms with Crippen molar-refractivity contribution < 1.29 is 17.9 Å². The van der Waals surface area contributed by atoms with Crippen LogP contribution in [0, 0.1) is 0 Å². The monoisotopic (exact) mass is 517 g/mol. The van der Waals surface area contributed by atoms with Gasteiger partial charge in [0.2, 0.25) is 10.0 Å². The smallest absolute Gasteiger partial charge is 0.257 e. The third kappa shape index (κ3) is 6.97. The molecule has 3 aromatic rings. The Labute approximate surface area is 209 Å². The number of aromatic amines is 1. The quantitative estimate of drug-likeness (QED) is 0.417. The number of anilines is 3. The van der Waals surface area contributed by atoms with Crippen LogP contribution in [0.25, 0.3) is 0 Å². The second-order valence-electron chi connectivity index (χ2n) is 8.58. The van der Waals surface area contributed by atoms with E-state index >= 15 is 0 Å². The molecule has 0 saturated carbocycles. The van der Waals surface area contributed by atoms with Gasteiger partial charge in [-0.15, -0.1) is 0 Å². The second-order valence-corrected chi connectivity index (χ2v) is 10.8. The number of ether oxygens (including phenoxy) is 1. The molecule has 0 spiro atoms. The highest BCUT2D eigenvalue weighted by Crippen LogP contribution is 2.24. The number of nitrogens with zero attached hydrogens (tertiary/aromatic N) is 2. The predicted octanol–water partition coefficient (Wildman–Crippen LogP) is 3.89. The minimum atomic E-state index is -3.47. The van der Waals surface area contributed by atoms with Gasteiger partial charge in [0.05, 0.1) is 35.5 Å². The number of amides is 1. The van der Waals surface area contributed by atoms with Crippen LogP contribution in [0.2, 0.25) is 5.02 Å². The van der Waals surface area contributed by atoms with Crippen molar-refractivity contribution in [3.63, 3.8) is 0 Å². The molecule has 0 atom stereocenters. The highest BCUT2D eigenvalue weighted by Gasteiger charge is 2.19. The molecule has 0 radical (unpaired) electrons. The lowest BCUT2D eigenvalue weighted by atomic mass is 10.1. The van der Waals surface area contributed by atoms with Crippen molar-refractivity contribution in [3.8, 4) is 0 Å². The largest absolute Gasteiger partial charge is 0.381 e. The number of halogens is 1. The van der Waals surface area contributed by atoms with E-state index in [1.54, 1.807) is 25.4 Å². The molecule has 35 heavy (non-hydrogen) atoms. The van der Waals surface area contributed by atoms with Gasteiger partial charge in [0.15, 0.2) is 0 Å². The van der Waals surface area contributed by atoms with Gasteiger partial charge in [-0.1, -0.05) is 11.6 Å². The highest BCUT2D eigenvalue weighted by atomic mass is 35.5. The third-order valence-corrected chi connectivity index (χ3v) is 6.61. The Hall–Kier alpha value is -3.08. The minimum Gasteiger partial charge on any atom is -0.381 e. The Balaban J connectivity index is 1.37. The number of aromatic nitrogens is 2. The summed E-state index contributed by atoms with van der Waals surface area (Å²) in [5, 5.41) is 3.04. The molecule has 9 nitrogen and oxygen atoms in total. The van der Waals surface area contributed by atoms with Crippen LogP contribution in [0.3, 0.4) is 0 Å². The lowest BCUT2D eigenvalue weighted by Gasteiger charge is -2.32. The summed E-state index contributed by atoms with van der Waals surface area (Å²) in [6.45, 7) is 1.90. The number of hydrogen-bond acceptors (Lipinski definition) is 6. The first-order chi connectivity index (χ1) is 16.7. The molecule has 1 aliphatic heterocycles. The fourth-order valence-electron chi connectivity index (χ4n) is 4.07. The van der Waals surface area contributed by atoms with E-state index in [-0.39, 0.29) is 11.6 Å². The van der Waals surface area contributed by atoms with Gasteiger partial charge < -0.3 is 19.9 Å². The van der Waals surface area contributed by atoms with Gasteiger partial charge in [0.1, 0.15) is 0 Å². The molecule has 1 saturated heterocycles. The van der Waals surface area contributed by atoms with Crippen molar-refractivity contribution in [3.05, 3.63) is 70.8 Å². The van der Waals surface area contributed by atoms with Crippen molar-refractivity contribution in [2.45, 2.75) is 25.4 Å². The molecule has 1 aliphatic rings. The molecule has 11 heteroatoms. The van der Waals surface area contributed by atoms with Crippen LogP contribution >= 0.6 is 11.6 Å². The lowest BCUT2D eigenvalue weighted by Crippen LogP contribution is -2.36. The number of carbonyl (C=O) groups excluding carboxylic acids is 1. The van der Waals surface area contributed by atoms with Crippen LogP contribution in [0.4, 0.5) is 17.1 Å². The van der Waals surface area contributed by atoms with Crippen molar-refractivity contribution in [2.75, 3.05) is 41.4 Å². The molecule has 1 fully saturated rings. The van der Waals surface area contributed by atoms with E-state index in [0.29, 0.717) is 28.8 Å². The van der Waals surface area contributed by atoms with Gasteiger partial charge in [-0.2, -0.15) is 0 Å². The van der Waals surface area contributed by atoms with E-state index in [4.69, 9.17) is 16.3 Å². The molecule has 1 amide bonds. The van der Waals surface area contributed by atoms with E-state index in [1.807, 2.05) is 12.3 Å². The Morgan fingerprint density at radius 3 is 2.60 bits per heavy atom. The molecule has 3 heterocycles. The number of rotatable bonds is 8. The average Bonchev–Trinajstić information content (AvgIpc) is 3.27. The summed E-state index contributed by atoms with van der Waals surface area (Å²) < 4.78 is 30.8. The second kappa shape index (κ2) is 10.7. The molecule has 0 aliphatic carbocycles. The molecule has 3 N–H and O–H groups in total. The van der Waals surface area contributed by atoms with Gasteiger partial charge in [0, 0.05) is 54.9 Å². The average molecular weight is 518 g/mol. The van der Waals surface area contributed by atoms with Crippen LogP contribution in [0.5, 0.6) is 0 Å². The number of piperidine rings is 1. The van der Waals surface area contributed by atoms with Gasteiger partial charge in [-0.25, -0.2) is 8.42 Å². The van der Waals surface area contributed by atoms with E-state index in [2.05, 4.69) is 31.0 Å². The van der Waals surface area contributed by atoms with Crippen LogP contribution in [0.15, 0.2) is 48.8 Å². The van der Waals surface area contributed by atoms with Crippen LogP contribution in [-0.4, -0.2) is 56.9 Å². The molecule has 4 rings (SSSR count). The molecule has 0 bridgehead atoms. The molecule has 186 valence electrons. The number of benzene rings is 1. The number of methoxy groups -OCH3 is 1. The number of sulfonamides is 1. The zero-order valence-electron chi connectivity index (χ0n) is 19.5. The Morgan fingerprint density at radius 2 is 1.94 bits per heavy atom. The fourth-order valence-corrected chi connectivity index (χ4v) is 4.85. The first-order valence-corrected chi connectivity index (χ1v) is 13.4. The number of hydrogen-bond donors (Lipinski definition) is 3. The van der Waals surface area contributed by atoms with Crippen LogP contribution in [0.1, 0.15) is 34.6 Å². The zero-order chi connectivity index (χ0) is 25.0. The SMILES string of the molecule is COC1CCN(c2ccc(Cc3cc(C(=O)Nc4cc(Cl)cc(NS(C)(=O)=O)c4)c[nH]3)nc2)CC1. The Morgan fingerprint density at radius 1 is 1.20 bits per heavy atom. The van der Waals surface area contributed by atoms with Crippen molar-refractivity contribution in [2.24, 2.45) is 0 Å². The zero-order valence-corrected chi connectivity index (χ0v) is 21.1. The Bertz CT molecular complexity index is 1290. The maximum atomic E-state index is 12.7. The molecule has 2 aromatic heterocycles. The molecular formula is C24H28ClN5O4S. The summed E-state index contributed by atoms with van der Waals surface area (Å²) in [5.74, 6) is -0.345. The van der Waals surface area contributed by atoms with Gasteiger partial charge in [0.25, 0.3) is 5.91 Å². The molecule has 0 unspecified atom stereocenters. The molecule has 1 aromatic carbocycles. The number of H-pyrrole nitrogens is 1. The fraction of sp³-hybridized carbons (Fsp3) is 0.333. The van der Waals surface area contributed by atoms with Crippen LogP contribution < -0.4 is 14.9 Å². The summed E-state index contributed by atoms with van der Waals surface area (Å²) in [7, 11) is -1.71. The number of nitrogens with one attached hydrogen (secondary N) is 3. The van der Waals surface area contributed by atoms with E-state index in [0.717, 1.165) is 49.3 Å². The standard InChI is InChI=1S/C24H28ClN5O4S/c1-34-23-5-7-30(8-6-23)22-4-3-18(27-15-22)12-19-9-16(14-26-19)24(31)28-20-10-17(25)11-21(13-20)29-35(2,32)33/h3-4,9-11,13-15,23,26,29H,5-8,12H2,1-2H3,(H,28,31). The lowest BCUT2D eigenvalue weighted by molar-refractivity contribution is 0.0819. The molecular weight excluding hydrogens is 490 g/mol. The summed E-state index contributed by atoms with van der Waals surface area (Å²) in [6.07, 6.45) is 7.47. The number of pyridine rings is 1. The van der Waals surface area contributed by atoms with Gasteiger partial charge in [-0.3, -0.25) is 14.5 Å². The van der Waals surface area contributed by atoms with Crippen molar-refractivity contribution in [1.82, 2.24) is 9.97 Å². The maximum Gasteiger partial charge on any atom is 0.257 e. The first-order valence-electron chi connectivity index (χ1n) is 11.2. The minimum absolute atomic E-state index is 0.266. The van der Waals surface area contributed by atoms with Crippen molar-refractivity contribution in [1.29, 1.82) is 0 Å². The van der Waals surface area contributed by atoms with E-state index in [9.17, 15) is 13.2 Å². The predicted molar refractivity (Wildman–Crippen MR) is 138 cm³/mol.